The molecule has 0 aromatic heterocycles. The summed E-state index contributed by atoms with van der Waals surface area (Å²) in [6.07, 6.45) is 0. The zero-order valence-corrected chi connectivity index (χ0v) is 20.9. The maximum Gasteiger partial charge on any atom is 0.255 e. The van der Waals surface area contributed by atoms with E-state index in [0.29, 0.717) is 24.3 Å². The van der Waals surface area contributed by atoms with Crippen LogP contribution in [-0.4, -0.2) is 57.5 Å². The molecule has 2 aromatic rings. The van der Waals surface area contributed by atoms with Crippen LogP contribution in [0.1, 0.15) is 43.6 Å². The minimum absolute atomic E-state index is 0.0898. The van der Waals surface area contributed by atoms with E-state index in [9.17, 15) is 21.6 Å². The monoisotopic (exact) mass is 481 g/mol. The highest BCUT2D eigenvalue weighted by Gasteiger charge is 2.25. The Morgan fingerprint density at radius 1 is 0.938 bits per heavy atom. The summed E-state index contributed by atoms with van der Waals surface area (Å²) in [6.45, 7) is 9.42. The fourth-order valence-corrected chi connectivity index (χ4v) is 6.16. The van der Waals surface area contributed by atoms with Crippen LogP contribution in [0, 0.1) is 6.92 Å². The van der Waals surface area contributed by atoms with Gasteiger partial charge in [0.1, 0.15) is 0 Å². The lowest BCUT2D eigenvalue weighted by molar-refractivity contribution is 0.102. The highest BCUT2D eigenvalue weighted by atomic mass is 32.2. The van der Waals surface area contributed by atoms with E-state index in [1.165, 1.54) is 46.0 Å². The van der Waals surface area contributed by atoms with Gasteiger partial charge in [-0.05, 0) is 62.7 Å². The number of hydrogen-bond donors (Lipinski definition) is 1. The Hall–Kier alpha value is -2.27. The van der Waals surface area contributed by atoms with E-state index in [1.807, 2.05) is 0 Å². The largest absolute Gasteiger partial charge is 0.322 e. The lowest BCUT2D eigenvalue weighted by Gasteiger charge is -2.21. The van der Waals surface area contributed by atoms with Crippen LogP contribution in [0.25, 0.3) is 0 Å². The van der Waals surface area contributed by atoms with Crippen LogP contribution in [0.3, 0.4) is 0 Å². The number of nitrogens with zero attached hydrogens (tertiary/aromatic N) is 2. The van der Waals surface area contributed by atoms with Gasteiger partial charge >= 0.3 is 0 Å². The Bertz CT molecular complexity index is 1170. The number of carbonyl (C=O) groups is 1. The van der Waals surface area contributed by atoms with Gasteiger partial charge in [-0.2, -0.15) is 8.61 Å². The second-order valence-electron chi connectivity index (χ2n) is 7.66. The van der Waals surface area contributed by atoms with Crippen LogP contribution in [0.4, 0.5) is 5.69 Å². The van der Waals surface area contributed by atoms with E-state index in [1.54, 1.807) is 46.8 Å². The van der Waals surface area contributed by atoms with Gasteiger partial charge in [0.25, 0.3) is 5.91 Å². The van der Waals surface area contributed by atoms with Crippen molar-refractivity contribution in [2.75, 3.05) is 25.5 Å². The number of aryl methyl sites for hydroxylation is 1. The molecule has 0 aliphatic carbocycles. The molecular weight excluding hydrogens is 450 g/mol. The molecule has 2 aromatic carbocycles. The Kier molecular flexibility index (Phi) is 8.22. The predicted octanol–water partition coefficient (Wildman–Crippen LogP) is 3.31. The van der Waals surface area contributed by atoms with Crippen LogP contribution >= 0.6 is 0 Å². The molecule has 0 unspecified atom stereocenters. The zero-order chi connectivity index (χ0) is 24.3. The minimum atomic E-state index is -3.72. The molecule has 10 heteroatoms. The van der Waals surface area contributed by atoms with E-state index < -0.39 is 26.0 Å². The molecule has 0 saturated carbocycles. The molecule has 0 bridgehead atoms. The van der Waals surface area contributed by atoms with E-state index in [4.69, 9.17) is 0 Å². The number of nitrogens with one attached hydrogen (secondary N) is 1. The molecule has 0 radical (unpaired) electrons. The molecule has 0 atom stereocenters. The molecule has 0 aliphatic rings. The molecule has 0 spiro atoms. The van der Waals surface area contributed by atoms with Gasteiger partial charge in [-0.1, -0.05) is 19.9 Å². The van der Waals surface area contributed by atoms with Crippen LogP contribution in [-0.2, 0) is 20.0 Å². The highest BCUT2D eigenvalue weighted by molar-refractivity contribution is 7.89. The lowest BCUT2D eigenvalue weighted by Crippen LogP contribution is -2.33. The molecule has 1 N–H and O–H groups in total. The standard InChI is InChI=1S/C22H31N3O5S2/c1-7-25(8-2)32(29,30)21-15-18(10-9-17(21)5)22(26)23-19-11-13-20(14-12-19)31(27,28)24(6)16(3)4/h9-16H,7-8H2,1-6H3,(H,23,26). The first-order valence-corrected chi connectivity index (χ1v) is 13.2. The van der Waals surface area contributed by atoms with Crippen molar-refractivity contribution in [3.63, 3.8) is 0 Å². The average Bonchev–Trinajstić information content (AvgIpc) is 2.74. The minimum Gasteiger partial charge on any atom is -0.322 e. The summed E-state index contributed by atoms with van der Waals surface area (Å²) >= 11 is 0. The summed E-state index contributed by atoms with van der Waals surface area (Å²) in [7, 11) is -5.83. The first kappa shape index (κ1) is 26.0. The third-order valence-corrected chi connectivity index (χ3v) is 9.53. The summed E-state index contributed by atoms with van der Waals surface area (Å²) in [5.74, 6) is -0.490. The number of carbonyl (C=O) groups excluding carboxylic acids is 1. The fraction of sp³-hybridized carbons (Fsp3) is 0.409. The summed E-state index contributed by atoms with van der Waals surface area (Å²) < 4.78 is 53.6. The molecule has 0 heterocycles. The van der Waals surface area contributed by atoms with Gasteiger partial charge in [0.05, 0.1) is 9.79 Å². The quantitative estimate of drug-likeness (QED) is 0.592. The van der Waals surface area contributed by atoms with Gasteiger partial charge in [-0.3, -0.25) is 4.79 Å². The van der Waals surface area contributed by atoms with Crippen molar-refractivity contribution in [2.24, 2.45) is 0 Å². The maximum absolute atomic E-state index is 12.9. The topological polar surface area (TPSA) is 104 Å². The van der Waals surface area contributed by atoms with Crippen LogP contribution < -0.4 is 5.32 Å². The van der Waals surface area contributed by atoms with E-state index in [0.717, 1.165) is 0 Å². The van der Waals surface area contributed by atoms with Gasteiger partial charge in [0.2, 0.25) is 20.0 Å². The summed E-state index contributed by atoms with van der Waals surface area (Å²) in [6, 6.07) is 10.2. The Morgan fingerprint density at radius 3 is 2.00 bits per heavy atom. The normalized spacial score (nSPS) is 12.5. The molecule has 0 fully saturated rings. The Labute approximate surface area is 191 Å². The molecule has 0 saturated heterocycles. The molecule has 176 valence electrons. The van der Waals surface area contributed by atoms with Gasteiger partial charge in [0, 0.05) is 37.4 Å². The first-order valence-electron chi connectivity index (χ1n) is 10.4. The number of amides is 1. The van der Waals surface area contributed by atoms with Crippen molar-refractivity contribution in [1.82, 2.24) is 8.61 Å². The Balaban J connectivity index is 2.29. The number of benzene rings is 2. The van der Waals surface area contributed by atoms with E-state index in [2.05, 4.69) is 5.32 Å². The van der Waals surface area contributed by atoms with Gasteiger partial charge in [-0.25, -0.2) is 16.8 Å². The lowest BCUT2D eigenvalue weighted by atomic mass is 10.1. The molecule has 1 amide bonds. The third-order valence-electron chi connectivity index (χ3n) is 5.29. The zero-order valence-electron chi connectivity index (χ0n) is 19.3. The smallest absolute Gasteiger partial charge is 0.255 e. The summed E-state index contributed by atoms with van der Waals surface area (Å²) in [4.78, 5) is 13.0. The number of sulfonamides is 2. The second kappa shape index (κ2) is 10.1. The fourth-order valence-electron chi connectivity index (χ4n) is 3.08. The van der Waals surface area contributed by atoms with Gasteiger partial charge in [0.15, 0.2) is 0 Å². The van der Waals surface area contributed by atoms with Gasteiger partial charge < -0.3 is 5.32 Å². The highest BCUT2D eigenvalue weighted by Crippen LogP contribution is 2.23. The van der Waals surface area contributed by atoms with Crippen molar-refractivity contribution in [3.05, 3.63) is 53.6 Å². The van der Waals surface area contributed by atoms with Crippen LogP contribution in [0.15, 0.2) is 52.3 Å². The summed E-state index contributed by atoms with van der Waals surface area (Å²) in [5, 5.41) is 2.69. The van der Waals surface area contributed by atoms with E-state index in [-0.39, 0.29) is 21.4 Å². The molecule has 0 aliphatic heterocycles. The SMILES string of the molecule is CCN(CC)S(=O)(=O)c1cc(C(=O)Nc2ccc(S(=O)(=O)N(C)C(C)C)cc2)ccc1C. The van der Waals surface area contributed by atoms with Gasteiger partial charge in [-0.15, -0.1) is 0 Å². The Morgan fingerprint density at radius 2 is 1.50 bits per heavy atom. The van der Waals surface area contributed by atoms with Crippen molar-refractivity contribution < 1.29 is 21.6 Å². The maximum atomic E-state index is 12.9. The number of hydrogen-bond acceptors (Lipinski definition) is 5. The molecule has 8 nitrogen and oxygen atoms in total. The third kappa shape index (κ3) is 5.37. The number of anilines is 1. The van der Waals surface area contributed by atoms with E-state index >= 15 is 0 Å². The van der Waals surface area contributed by atoms with Crippen LogP contribution in [0.5, 0.6) is 0 Å². The van der Waals surface area contributed by atoms with Crippen molar-refractivity contribution in [2.45, 2.75) is 50.5 Å². The van der Waals surface area contributed by atoms with Crippen molar-refractivity contribution >= 4 is 31.6 Å². The summed E-state index contributed by atoms with van der Waals surface area (Å²) in [5.41, 5.74) is 1.14. The molecule has 32 heavy (non-hydrogen) atoms. The first-order chi connectivity index (χ1) is 14.9. The van der Waals surface area contributed by atoms with Crippen molar-refractivity contribution in [3.8, 4) is 0 Å². The predicted molar refractivity (Wildman–Crippen MR) is 126 cm³/mol. The second-order valence-corrected chi connectivity index (χ2v) is 11.6. The molecular formula is C22H31N3O5S2. The average molecular weight is 482 g/mol. The number of rotatable bonds is 9. The van der Waals surface area contributed by atoms with Crippen LogP contribution in [0.2, 0.25) is 0 Å². The molecule has 2 rings (SSSR count). The van der Waals surface area contributed by atoms with Crippen molar-refractivity contribution in [1.29, 1.82) is 0 Å².